The molecule has 0 saturated heterocycles. The Morgan fingerprint density at radius 1 is 1.00 bits per heavy atom. The second-order valence-electron chi connectivity index (χ2n) is 6.74. The lowest BCUT2D eigenvalue weighted by molar-refractivity contribution is 0.481. The van der Waals surface area contributed by atoms with Crippen LogP contribution in [0.5, 0.6) is 0 Å². The van der Waals surface area contributed by atoms with Crippen molar-refractivity contribution < 1.29 is 13.0 Å². The van der Waals surface area contributed by atoms with Crippen LogP contribution in [0.4, 0.5) is 0 Å². The van der Waals surface area contributed by atoms with Gasteiger partial charge in [-0.3, -0.25) is 4.55 Å². The van der Waals surface area contributed by atoms with Gasteiger partial charge in [-0.1, -0.05) is 58.0 Å². The highest BCUT2D eigenvalue weighted by molar-refractivity contribution is 7.86. The van der Waals surface area contributed by atoms with Crippen LogP contribution in [0.1, 0.15) is 38.8 Å². The van der Waals surface area contributed by atoms with E-state index in [0.717, 1.165) is 22.9 Å². The topological polar surface area (TPSA) is 54.4 Å². The van der Waals surface area contributed by atoms with Gasteiger partial charge in [0.1, 0.15) is 4.90 Å². The van der Waals surface area contributed by atoms with E-state index in [0.29, 0.717) is 23.6 Å². The number of fused-ring (bicyclic) bond motifs is 1. The molecule has 0 radical (unpaired) electrons. The van der Waals surface area contributed by atoms with Crippen LogP contribution >= 0.6 is 0 Å². The molecule has 2 aromatic carbocycles. The SMILES string of the molecule is CC(C)Cc1cc2ccccc2c(S(=O)(=O)O)c1CC(C)C. The zero-order valence-electron chi connectivity index (χ0n) is 13.6. The summed E-state index contributed by atoms with van der Waals surface area (Å²) in [6.07, 6.45) is 1.44. The van der Waals surface area contributed by atoms with Crippen molar-refractivity contribution in [1.82, 2.24) is 0 Å². The highest BCUT2D eigenvalue weighted by Gasteiger charge is 2.23. The molecule has 1 N–H and O–H groups in total. The van der Waals surface area contributed by atoms with Crippen molar-refractivity contribution in [3.8, 4) is 0 Å². The first-order valence-corrected chi connectivity index (χ1v) is 9.15. The second kappa shape index (κ2) is 6.39. The lowest BCUT2D eigenvalue weighted by Gasteiger charge is -2.19. The molecule has 0 unspecified atom stereocenters. The Hall–Kier alpha value is -1.39. The van der Waals surface area contributed by atoms with Gasteiger partial charge < -0.3 is 0 Å². The molecule has 0 heterocycles. The number of hydrogen-bond acceptors (Lipinski definition) is 2. The molecule has 3 nitrogen and oxygen atoms in total. The molecular weight excluding hydrogens is 296 g/mol. The summed E-state index contributed by atoms with van der Waals surface area (Å²) in [6.45, 7) is 8.34. The molecule has 4 heteroatoms. The average molecular weight is 320 g/mol. The normalized spacial score (nSPS) is 12.5. The van der Waals surface area contributed by atoms with Gasteiger partial charge in [-0.05, 0) is 41.2 Å². The van der Waals surface area contributed by atoms with Gasteiger partial charge >= 0.3 is 0 Å². The summed E-state index contributed by atoms with van der Waals surface area (Å²) < 4.78 is 33.9. The molecule has 22 heavy (non-hydrogen) atoms. The van der Waals surface area contributed by atoms with Crippen molar-refractivity contribution in [2.45, 2.75) is 45.4 Å². The van der Waals surface area contributed by atoms with Crippen molar-refractivity contribution in [3.63, 3.8) is 0 Å². The number of hydrogen-bond donors (Lipinski definition) is 1. The fourth-order valence-electron chi connectivity index (χ4n) is 2.96. The minimum atomic E-state index is -4.26. The molecule has 0 fully saturated rings. The lowest BCUT2D eigenvalue weighted by atomic mass is 9.90. The Labute approximate surface area is 133 Å². The molecule has 2 rings (SSSR count). The molecule has 120 valence electrons. The summed E-state index contributed by atoms with van der Waals surface area (Å²) in [5.74, 6) is 0.730. The minimum absolute atomic E-state index is 0.0925. The molecule has 2 aromatic rings. The van der Waals surface area contributed by atoms with Crippen molar-refractivity contribution in [1.29, 1.82) is 0 Å². The molecular formula is C18H24O3S. The van der Waals surface area contributed by atoms with Crippen molar-refractivity contribution in [3.05, 3.63) is 41.5 Å². The van der Waals surface area contributed by atoms with Gasteiger partial charge in [0.15, 0.2) is 0 Å². The third-order valence-electron chi connectivity index (χ3n) is 3.70. The van der Waals surface area contributed by atoms with E-state index in [1.54, 1.807) is 12.1 Å². The van der Waals surface area contributed by atoms with Crippen LogP contribution in [0.2, 0.25) is 0 Å². The monoisotopic (exact) mass is 320 g/mol. The molecule has 0 aromatic heterocycles. The third-order valence-corrected chi connectivity index (χ3v) is 4.68. The quantitative estimate of drug-likeness (QED) is 0.826. The van der Waals surface area contributed by atoms with E-state index in [-0.39, 0.29) is 4.90 Å². The molecule has 0 aliphatic heterocycles. The largest absolute Gasteiger partial charge is 0.295 e. The van der Waals surface area contributed by atoms with Crippen LogP contribution < -0.4 is 0 Å². The van der Waals surface area contributed by atoms with Crippen LogP contribution in [0.15, 0.2) is 35.2 Å². The molecule has 0 saturated carbocycles. The fraction of sp³-hybridized carbons (Fsp3) is 0.444. The van der Waals surface area contributed by atoms with Crippen LogP contribution in [0, 0.1) is 11.8 Å². The number of benzene rings is 2. The summed E-state index contributed by atoms with van der Waals surface area (Å²) in [6, 6.07) is 9.42. The van der Waals surface area contributed by atoms with Gasteiger partial charge in [0, 0.05) is 5.39 Å². The third kappa shape index (κ3) is 3.68. The Balaban J connectivity index is 2.87. The Morgan fingerprint density at radius 3 is 2.14 bits per heavy atom. The first-order chi connectivity index (χ1) is 10.2. The highest BCUT2D eigenvalue weighted by atomic mass is 32.2. The summed E-state index contributed by atoms with van der Waals surface area (Å²) in [7, 11) is -4.26. The first kappa shape index (κ1) is 17.0. The van der Waals surface area contributed by atoms with Crippen molar-refractivity contribution in [2.75, 3.05) is 0 Å². The van der Waals surface area contributed by atoms with Gasteiger partial charge in [0.2, 0.25) is 0 Å². The van der Waals surface area contributed by atoms with Crippen molar-refractivity contribution in [2.24, 2.45) is 11.8 Å². The Bertz CT molecular complexity index is 774. The van der Waals surface area contributed by atoms with Crippen LogP contribution in [0.3, 0.4) is 0 Å². The number of rotatable bonds is 5. The van der Waals surface area contributed by atoms with Gasteiger partial charge in [-0.2, -0.15) is 8.42 Å². The van der Waals surface area contributed by atoms with E-state index in [4.69, 9.17) is 0 Å². The van der Waals surface area contributed by atoms with Crippen LogP contribution in [0.25, 0.3) is 10.8 Å². The molecule has 0 bridgehead atoms. The molecule has 0 amide bonds. The van der Waals surface area contributed by atoms with E-state index in [1.807, 2.05) is 12.1 Å². The smallest absolute Gasteiger partial charge is 0.282 e. The predicted molar refractivity (Wildman–Crippen MR) is 90.8 cm³/mol. The zero-order valence-corrected chi connectivity index (χ0v) is 14.4. The predicted octanol–water partition coefficient (Wildman–Crippen LogP) is 4.48. The maximum atomic E-state index is 12.0. The van der Waals surface area contributed by atoms with Gasteiger partial charge in [0.05, 0.1) is 0 Å². The van der Waals surface area contributed by atoms with E-state index in [2.05, 4.69) is 33.8 Å². The molecule has 0 atom stereocenters. The molecule has 0 spiro atoms. The van der Waals surface area contributed by atoms with E-state index in [9.17, 15) is 13.0 Å². The maximum absolute atomic E-state index is 12.0. The summed E-state index contributed by atoms with van der Waals surface area (Å²) in [5.41, 5.74) is 1.79. The molecule has 0 aliphatic rings. The van der Waals surface area contributed by atoms with Gasteiger partial charge in [0.25, 0.3) is 10.1 Å². The average Bonchev–Trinajstić information content (AvgIpc) is 2.36. The van der Waals surface area contributed by atoms with E-state index < -0.39 is 10.1 Å². The maximum Gasteiger partial charge on any atom is 0.295 e. The van der Waals surface area contributed by atoms with Gasteiger partial charge in [-0.25, -0.2) is 0 Å². The van der Waals surface area contributed by atoms with Crippen LogP contribution in [-0.4, -0.2) is 13.0 Å². The second-order valence-corrected chi connectivity index (χ2v) is 8.09. The zero-order chi connectivity index (χ0) is 16.5. The Kier molecular flexibility index (Phi) is 4.93. The fourth-order valence-corrected chi connectivity index (χ4v) is 3.95. The van der Waals surface area contributed by atoms with Crippen molar-refractivity contribution >= 4 is 20.9 Å². The first-order valence-electron chi connectivity index (χ1n) is 7.71. The Morgan fingerprint density at radius 2 is 1.59 bits per heavy atom. The van der Waals surface area contributed by atoms with E-state index in [1.165, 1.54) is 0 Å². The summed E-state index contributed by atoms with van der Waals surface area (Å²) in [5, 5.41) is 1.46. The van der Waals surface area contributed by atoms with Gasteiger partial charge in [-0.15, -0.1) is 0 Å². The molecule has 0 aliphatic carbocycles. The minimum Gasteiger partial charge on any atom is -0.282 e. The summed E-state index contributed by atoms with van der Waals surface area (Å²) in [4.78, 5) is 0.0925. The van der Waals surface area contributed by atoms with Crippen LogP contribution in [-0.2, 0) is 23.0 Å². The summed E-state index contributed by atoms with van der Waals surface area (Å²) >= 11 is 0. The lowest BCUT2D eigenvalue weighted by Crippen LogP contribution is -2.11. The standard InChI is InChI=1S/C18H24O3S/c1-12(2)9-15-11-14-7-5-6-8-16(14)18(22(19,20)21)17(15)10-13(3)4/h5-8,11-13H,9-10H2,1-4H3,(H,19,20,21). The van der Waals surface area contributed by atoms with E-state index >= 15 is 0 Å². The highest BCUT2D eigenvalue weighted by Crippen LogP contribution is 2.32.